The van der Waals surface area contributed by atoms with Crippen LogP contribution in [-0.4, -0.2) is 36.0 Å². The highest BCUT2D eigenvalue weighted by atomic mass is 16.2. The molecule has 1 amide bonds. The molecule has 1 aliphatic rings. The van der Waals surface area contributed by atoms with Crippen molar-refractivity contribution in [1.82, 2.24) is 10.2 Å². The molecule has 1 N–H and O–H groups in total. The second-order valence-electron chi connectivity index (χ2n) is 6.02. The third-order valence-corrected chi connectivity index (χ3v) is 3.14. The summed E-state index contributed by atoms with van der Waals surface area (Å²) in [6.45, 7) is 10.9. The topological polar surface area (TPSA) is 32.3 Å². The van der Waals surface area contributed by atoms with Gasteiger partial charge in [0.1, 0.15) is 0 Å². The highest BCUT2D eigenvalue weighted by Gasteiger charge is 2.19. The zero-order valence-corrected chi connectivity index (χ0v) is 11.2. The van der Waals surface area contributed by atoms with Crippen molar-refractivity contribution in [2.75, 3.05) is 19.6 Å². The maximum Gasteiger partial charge on any atom is 0.236 e. The number of amides is 1. The van der Waals surface area contributed by atoms with E-state index in [2.05, 4.69) is 33.0 Å². The summed E-state index contributed by atoms with van der Waals surface area (Å²) in [5.41, 5.74) is 0.0226. The summed E-state index contributed by atoms with van der Waals surface area (Å²) in [4.78, 5) is 14.0. The predicted molar refractivity (Wildman–Crippen MR) is 67.4 cm³/mol. The molecule has 1 rings (SSSR count). The van der Waals surface area contributed by atoms with Gasteiger partial charge in [0.05, 0.1) is 6.54 Å². The van der Waals surface area contributed by atoms with Gasteiger partial charge in [-0.1, -0.05) is 6.92 Å². The van der Waals surface area contributed by atoms with Crippen molar-refractivity contribution in [1.29, 1.82) is 0 Å². The Kier molecular flexibility index (Phi) is 4.78. The molecule has 1 atom stereocenters. The summed E-state index contributed by atoms with van der Waals surface area (Å²) in [5.74, 6) is 1.03. The van der Waals surface area contributed by atoms with Crippen LogP contribution in [0, 0.1) is 5.92 Å². The molecular formula is C13H26N2O. The zero-order chi connectivity index (χ0) is 12.2. The quantitative estimate of drug-likeness (QED) is 0.781. The van der Waals surface area contributed by atoms with Crippen molar-refractivity contribution in [3.63, 3.8) is 0 Å². The highest BCUT2D eigenvalue weighted by molar-refractivity contribution is 5.78. The SMILES string of the molecule is CC1CCCN(C(=O)CNC(C)(C)C)CC1. The van der Waals surface area contributed by atoms with E-state index in [0.717, 1.165) is 31.8 Å². The minimum Gasteiger partial charge on any atom is -0.342 e. The number of likely N-dealkylation sites (tertiary alicyclic amines) is 1. The Bertz CT molecular complexity index is 233. The van der Waals surface area contributed by atoms with E-state index in [9.17, 15) is 4.79 Å². The fourth-order valence-corrected chi connectivity index (χ4v) is 1.96. The van der Waals surface area contributed by atoms with E-state index in [1.807, 2.05) is 4.90 Å². The first-order chi connectivity index (χ1) is 7.38. The molecule has 0 aromatic rings. The van der Waals surface area contributed by atoms with Crippen LogP contribution in [0.3, 0.4) is 0 Å². The first kappa shape index (κ1) is 13.5. The van der Waals surface area contributed by atoms with Gasteiger partial charge >= 0.3 is 0 Å². The lowest BCUT2D eigenvalue weighted by atomic mass is 10.0. The molecule has 1 unspecified atom stereocenters. The normalized spacial score (nSPS) is 23.0. The first-order valence-corrected chi connectivity index (χ1v) is 6.41. The molecule has 94 valence electrons. The lowest BCUT2D eigenvalue weighted by molar-refractivity contribution is -0.130. The Morgan fingerprint density at radius 1 is 1.31 bits per heavy atom. The van der Waals surface area contributed by atoms with Crippen LogP contribution in [0.15, 0.2) is 0 Å². The Morgan fingerprint density at radius 2 is 2.00 bits per heavy atom. The van der Waals surface area contributed by atoms with Crippen LogP contribution in [0.25, 0.3) is 0 Å². The van der Waals surface area contributed by atoms with Crippen molar-refractivity contribution >= 4 is 5.91 Å². The number of hydrogen-bond donors (Lipinski definition) is 1. The molecule has 1 aliphatic heterocycles. The number of carbonyl (C=O) groups is 1. The van der Waals surface area contributed by atoms with E-state index in [4.69, 9.17) is 0 Å². The average molecular weight is 226 g/mol. The van der Waals surface area contributed by atoms with E-state index < -0.39 is 0 Å². The van der Waals surface area contributed by atoms with Gasteiger partial charge in [-0.3, -0.25) is 4.79 Å². The van der Waals surface area contributed by atoms with Gasteiger partial charge < -0.3 is 10.2 Å². The average Bonchev–Trinajstić information content (AvgIpc) is 2.38. The van der Waals surface area contributed by atoms with Crippen LogP contribution in [0.1, 0.15) is 47.0 Å². The molecule has 1 saturated heterocycles. The van der Waals surface area contributed by atoms with Crippen LogP contribution in [-0.2, 0) is 4.79 Å². The summed E-state index contributed by atoms with van der Waals surface area (Å²) in [7, 11) is 0. The van der Waals surface area contributed by atoms with Crippen LogP contribution in [0.2, 0.25) is 0 Å². The number of nitrogens with one attached hydrogen (secondary N) is 1. The van der Waals surface area contributed by atoms with Crippen molar-refractivity contribution < 1.29 is 4.79 Å². The van der Waals surface area contributed by atoms with E-state index in [-0.39, 0.29) is 11.4 Å². The Hall–Kier alpha value is -0.570. The lowest BCUT2D eigenvalue weighted by Gasteiger charge is -2.25. The van der Waals surface area contributed by atoms with Gasteiger partial charge in [-0.15, -0.1) is 0 Å². The van der Waals surface area contributed by atoms with Crippen LogP contribution in [0.5, 0.6) is 0 Å². The molecular weight excluding hydrogens is 200 g/mol. The second kappa shape index (κ2) is 5.67. The van der Waals surface area contributed by atoms with E-state index in [1.54, 1.807) is 0 Å². The summed E-state index contributed by atoms with van der Waals surface area (Å²) in [6.07, 6.45) is 3.57. The molecule has 0 bridgehead atoms. The summed E-state index contributed by atoms with van der Waals surface area (Å²) in [5, 5.41) is 3.26. The van der Waals surface area contributed by atoms with Gasteiger partial charge in [-0.05, 0) is 46.0 Å². The third-order valence-electron chi connectivity index (χ3n) is 3.14. The summed E-state index contributed by atoms with van der Waals surface area (Å²) >= 11 is 0. The molecule has 1 fully saturated rings. The molecule has 3 nitrogen and oxygen atoms in total. The molecule has 0 saturated carbocycles. The molecule has 0 aromatic carbocycles. The highest BCUT2D eigenvalue weighted by Crippen LogP contribution is 2.16. The maximum atomic E-state index is 12.0. The van der Waals surface area contributed by atoms with Crippen molar-refractivity contribution in [2.24, 2.45) is 5.92 Å². The molecule has 16 heavy (non-hydrogen) atoms. The molecule has 1 heterocycles. The van der Waals surface area contributed by atoms with Gasteiger partial charge in [0, 0.05) is 18.6 Å². The minimum absolute atomic E-state index is 0.0226. The van der Waals surface area contributed by atoms with Crippen molar-refractivity contribution in [3.05, 3.63) is 0 Å². The van der Waals surface area contributed by atoms with Gasteiger partial charge in [0.2, 0.25) is 5.91 Å². The lowest BCUT2D eigenvalue weighted by Crippen LogP contribution is -2.45. The molecule has 0 radical (unpaired) electrons. The van der Waals surface area contributed by atoms with Crippen LogP contribution >= 0.6 is 0 Å². The van der Waals surface area contributed by atoms with Gasteiger partial charge in [-0.25, -0.2) is 0 Å². The van der Waals surface area contributed by atoms with Gasteiger partial charge in [0.25, 0.3) is 0 Å². The second-order valence-corrected chi connectivity index (χ2v) is 6.02. The number of rotatable bonds is 2. The van der Waals surface area contributed by atoms with E-state index in [1.165, 1.54) is 6.42 Å². The summed E-state index contributed by atoms with van der Waals surface area (Å²) < 4.78 is 0. The Balaban J connectivity index is 2.35. The number of carbonyl (C=O) groups excluding carboxylic acids is 1. The van der Waals surface area contributed by atoms with Gasteiger partial charge in [-0.2, -0.15) is 0 Å². The summed E-state index contributed by atoms with van der Waals surface area (Å²) in [6, 6.07) is 0. The predicted octanol–water partition coefficient (Wildman–Crippen LogP) is 2.02. The van der Waals surface area contributed by atoms with Crippen molar-refractivity contribution in [3.8, 4) is 0 Å². The van der Waals surface area contributed by atoms with Crippen molar-refractivity contribution in [2.45, 2.75) is 52.5 Å². The van der Waals surface area contributed by atoms with Crippen LogP contribution in [0.4, 0.5) is 0 Å². The number of hydrogen-bond acceptors (Lipinski definition) is 2. The molecule has 0 aliphatic carbocycles. The molecule has 0 spiro atoms. The maximum absolute atomic E-state index is 12.0. The van der Waals surface area contributed by atoms with Crippen LogP contribution < -0.4 is 5.32 Å². The fourth-order valence-electron chi connectivity index (χ4n) is 1.96. The molecule has 3 heteroatoms. The number of nitrogens with zero attached hydrogens (tertiary/aromatic N) is 1. The smallest absolute Gasteiger partial charge is 0.236 e. The standard InChI is InChI=1S/C13H26N2O/c1-11-6-5-8-15(9-7-11)12(16)10-14-13(2,3)4/h11,14H,5-10H2,1-4H3. The van der Waals surface area contributed by atoms with Gasteiger partial charge in [0.15, 0.2) is 0 Å². The zero-order valence-electron chi connectivity index (χ0n) is 11.2. The van der Waals surface area contributed by atoms with E-state index in [0.29, 0.717) is 6.54 Å². The first-order valence-electron chi connectivity index (χ1n) is 6.41. The largest absolute Gasteiger partial charge is 0.342 e. The minimum atomic E-state index is 0.0226. The Morgan fingerprint density at radius 3 is 2.62 bits per heavy atom. The van der Waals surface area contributed by atoms with E-state index >= 15 is 0 Å². The third kappa shape index (κ3) is 4.97. The molecule has 0 aromatic heterocycles. The monoisotopic (exact) mass is 226 g/mol. The Labute approximate surface area is 99.6 Å². The fraction of sp³-hybridized carbons (Fsp3) is 0.923.